The Morgan fingerprint density at radius 1 is 1.33 bits per heavy atom. The fourth-order valence-electron chi connectivity index (χ4n) is 0.697. The third kappa shape index (κ3) is 2.27. The molecular formula is C7H4Cl3NO. The lowest BCUT2D eigenvalue weighted by molar-refractivity contribution is 0.383. The molecule has 0 N–H and O–H groups in total. The third-order valence-corrected chi connectivity index (χ3v) is 2.13. The van der Waals surface area contributed by atoms with Crippen LogP contribution in [-0.2, 0) is 4.39 Å². The molecule has 1 rings (SSSR count). The van der Waals surface area contributed by atoms with Crippen molar-refractivity contribution in [3.8, 4) is 0 Å². The van der Waals surface area contributed by atoms with Gasteiger partial charge in [0.2, 0.25) is 0 Å². The fraction of sp³-hybridized carbons (Fsp3) is 0. The summed E-state index contributed by atoms with van der Waals surface area (Å²) in [5.74, 6) is 0. The smallest absolute Gasteiger partial charge is 0.167 e. The van der Waals surface area contributed by atoms with Gasteiger partial charge in [-0.25, -0.2) is 0 Å². The van der Waals surface area contributed by atoms with Crippen molar-refractivity contribution in [3.63, 3.8) is 0 Å². The predicted molar refractivity (Wildman–Crippen MR) is 51.0 cm³/mol. The first-order valence-corrected chi connectivity index (χ1v) is 4.07. The first-order valence-electron chi connectivity index (χ1n) is 3.01. The van der Waals surface area contributed by atoms with Crippen molar-refractivity contribution >= 4 is 41.3 Å². The molecule has 0 aliphatic rings. The number of hydrogen-bond acceptors (Lipinski definition) is 2. The van der Waals surface area contributed by atoms with Gasteiger partial charge in [-0.1, -0.05) is 40.5 Å². The van der Waals surface area contributed by atoms with Crippen LogP contribution in [0.15, 0.2) is 23.4 Å². The second-order valence-electron chi connectivity index (χ2n) is 1.95. The fourth-order valence-corrected chi connectivity index (χ4v) is 1.09. The van der Waals surface area contributed by atoms with E-state index in [0.29, 0.717) is 15.6 Å². The van der Waals surface area contributed by atoms with E-state index in [-0.39, 0.29) is 0 Å². The number of oxime groups is 1. The second kappa shape index (κ2) is 4.55. The lowest BCUT2D eigenvalue weighted by Crippen LogP contribution is -1.82. The average molecular weight is 224 g/mol. The van der Waals surface area contributed by atoms with E-state index in [1.165, 1.54) is 6.21 Å². The van der Waals surface area contributed by atoms with Gasteiger partial charge in [-0.05, 0) is 6.07 Å². The average Bonchev–Trinajstić information content (AvgIpc) is 2.08. The molecular weight excluding hydrogens is 220 g/mol. The van der Waals surface area contributed by atoms with E-state index >= 15 is 0 Å². The van der Waals surface area contributed by atoms with Crippen LogP contribution in [0.5, 0.6) is 0 Å². The lowest BCUT2D eigenvalue weighted by atomic mass is 10.2. The van der Waals surface area contributed by atoms with Crippen molar-refractivity contribution in [3.05, 3.63) is 33.8 Å². The van der Waals surface area contributed by atoms with Crippen LogP contribution in [0.3, 0.4) is 0 Å². The molecule has 0 aromatic heterocycles. The van der Waals surface area contributed by atoms with Gasteiger partial charge in [0.15, 0.2) is 11.9 Å². The molecule has 0 amide bonds. The van der Waals surface area contributed by atoms with Crippen molar-refractivity contribution in [2.75, 3.05) is 0 Å². The van der Waals surface area contributed by atoms with Crippen LogP contribution < -0.4 is 0 Å². The highest BCUT2D eigenvalue weighted by atomic mass is 35.5. The molecule has 1 aromatic carbocycles. The van der Waals surface area contributed by atoms with Gasteiger partial charge in [0.05, 0.1) is 16.3 Å². The van der Waals surface area contributed by atoms with Gasteiger partial charge in [0, 0.05) is 5.56 Å². The summed E-state index contributed by atoms with van der Waals surface area (Å²) in [6.07, 6.45) is 1.38. The lowest BCUT2D eigenvalue weighted by Gasteiger charge is -1.97. The van der Waals surface area contributed by atoms with Crippen molar-refractivity contribution < 1.29 is 4.39 Å². The SMILES string of the molecule is ClO/N=C/c1cccc(Cl)c1Cl. The Bertz CT molecular complexity index is 301. The van der Waals surface area contributed by atoms with Crippen molar-refractivity contribution in [2.24, 2.45) is 5.16 Å². The van der Waals surface area contributed by atoms with Crippen molar-refractivity contribution in [1.29, 1.82) is 0 Å². The Balaban J connectivity index is 3.00. The van der Waals surface area contributed by atoms with Crippen molar-refractivity contribution in [1.82, 2.24) is 0 Å². The molecule has 0 aliphatic carbocycles. The predicted octanol–water partition coefficient (Wildman–Crippen LogP) is 3.50. The van der Waals surface area contributed by atoms with Crippen LogP contribution >= 0.6 is 35.1 Å². The topological polar surface area (TPSA) is 21.6 Å². The number of benzene rings is 1. The normalized spacial score (nSPS) is 10.6. The maximum Gasteiger partial charge on any atom is 0.167 e. The van der Waals surface area contributed by atoms with E-state index in [0.717, 1.165) is 0 Å². The Morgan fingerprint density at radius 3 is 2.75 bits per heavy atom. The molecule has 0 bridgehead atoms. The van der Waals surface area contributed by atoms with Crippen LogP contribution in [-0.4, -0.2) is 6.21 Å². The summed E-state index contributed by atoms with van der Waals surface area (Å²) in [4.78, 5) is 0. The van der Waals surface area contributed by atoms with E-state index in [1.54, 1.807) is 18.2 Å². The summed E-state index contributed by atoms with van der Waals surface area (Å²) in [5, 5.41) is 4.24. The van der Waals surface area contributed by atoms with Gasteiger partial charge >= 0.3 is 0 Å². The molecule has 0 atom stereocenters. The minimum atomic E-state index is 0.427. The molecule has 0 heterocycles. The summed E-state index contributed by atoms with van der Waals surface area (Å²) in [6, 6.07) is 5.18. The van der Waals surface area contributed by atoms with E-state index in [4.69, 9.17) is 35.1 Å². The number of rotatable bonds is 2. The van der Waals surface area contributed by atoms with Gasteiger partial charge < -0.3 is 0 Å². The monoisotopic (exact) mass is 223 g/mol. The highest BCUT2D eigenvalue weighted by Crippen LogP contribution is 2.24. The van der Waals surface area contributed by atoms with Crippen LogP contribution in [0.2, 0.25) is 10.0 Å². The summed E-state index contributed by atoms with van der Waals surface area (Å²) in [6.45, 7) is 0. The molecule has 0 radical (unpaired) electrons. The summed E-state index contributed by atoms with van der Waals surface area (Å²) < 4.78 is 3.98. The van der Waals surface area contributed by atoms with E-state index in [2.05, 4.69) is 9.55 Å². The third-order valence-electron chi connectivity index (χ3n) is 1.21. The summed E-state index contributed by atoms with van der Waals surface area (Å²) in [7, 11) is 0. The highest BCUT2D eigenvalue weighted by molar-refractivity contribution is 6.43. The zero-order valence-electron chi connectivity index (χ0n) is 5.80. The quantitative estimate of drug-likeness (QED) is 0.556. The Morgan fingerprint density at radius 2 is 2.08 bits per heavy atom. The zero-order chi connectivity index (χ0) is 8.97. The molecule has 12 heavy (non-hydrogen) atoms. The van der Waals surface area contributed by atoms with Crippen LogP contribution in [0.25, 0.3) is 0 Å². The summed E-state index contributed by atoms with van der Waals surface area (Å²) in [5.41, 5.74) is 0.657. The summed E-state index contributed by atoms with van der Waals surface area (Å²) >= 11 is 16.4. The Labute approximate surface area is 84.8 Å². The maximum absolute atomic E-state index is 5.81. The van der Waals surface area contributed by atoms with Gasteiger partial charge in [-0.3, -0.25) is 4.39 Å². The molecule has 0 saturated heterocycles. The Hall–Kier alpha value is -0.440. The van der Waals surface area contributed by atoms with Gasteiger partial charge in [0.1, 0.15) is 0 Å². The van der Waals surface area contributed by atoms with E-state index in [9.17, 15) is 0 Å². The molecule has 0 spiro atoms. The Kier molecular flexibility index (Phi) is 3.66. The zero-order valence-corrected chi connectivity index (χ0v) is 8.07. The minimum Gasteiger partial charge on any atom is -0.277 e. The minimum absolute atomic E-state index is 0.427. The van der Waals surface area contributed by atoms with E-state index < -0.39 is 0 Å². The largest absolute Gasteiger partial charge is 0.277 e. The highest BCUT2D eigenvalue weighted by Gasteiger charge is 2.00. The number of halogens is 3. The first kappa shape index (κ1) is 9.65. The van der Waals surface area contributed by atoms with Gasteiger partial charge in [-0.2, -0.15) is 0 Å². The maximum atomic E-state index is 5.81. The number of hydrogen-bond donors (Lipinski definition) is 0. The molecule has 0 unspecified atom stereocenters. The van der Waals surface area contributed by atoms with Crippen LogP contribution in [0, 0.1) is 0 Å². The molecule has 5 heteroatoms. The van der Waals surface area contributed by atoms with Gasteiger partial charge in [-0.15, -0.1) is 0 Å². The molecule has 0 fully saturated rings. The molecule has 1 aromatic rings. The standard InChI is InChI=1S/C7H4Cl3NO/c8-6-3-1-2-5(7(6)9)4-11-12-10/h1-4H/b11-4+. The molecule has 0 saturated carbocycles. The van der Waals surface area contributed by atoms with Crippen molar-refractivity contribution in [2.45, 2.75) is 0 Å². The van der Waals surface area contributed by atoms with E-state index in [1.807, 2.05) is 0 Å². The first-order chi connectivity index (χ1) is 5.75. The van der Waals surface area contributed by atoms with Gasteiger partial charge in [0.25, 0.3) is 0 Å². The molecule has 2 nitrogen and oxygen atoms in total. The van der Waals surface area contributed by atoms with Crippen LogP contribution in [0.4, 0.5) is 0 Å². The number of nitrogens with zero attached hydrogens (tertiary/aromatic N) is 1. The molecule has 64 valence electrons. The molecule has 0 aliphatic heterocycles. The van der Waals surface area contributed by atoms with Crippen LogP contribution in [0.1, 0.15) is 5.56 Å². The second-order valence-corrected chi connectivity index (χ2v) is 2.87.